The lowest BCUT2D eigenvalue weighted by atomic mass is 10.1. The molecule has 0 aliphatic carbocycles. The smallest absolute Gasteiger partial charge is 0.245 e. The van der Waals surface area contributed by atoms with Gasteiger partial charge in [-0.05, 0) is 30.3 Å². The zero-order valence-electron chi connectivity index (χ0n) is 16.7. The van der Waals surface area contributed by atoms with Gasteiger partial charge in [0.15, 0.2) is 5.82 Å². The molecular formula is C20H19N9O. The molecule has 1 N–H and O–H groups in total. The van der Waals surface area contributed by atoms with Crippen molar-refractivity contribution in [3.05, 3.63) is 55.2 Å². The Bertz CT molecular complexity index is 1350. The minimum absolute atomic E-state index is 0.452. The number of hydrogen-bond acceptors (Lipinski definition) is 7. The van der Waals surface area contributed by atoms with Gasteiger partial charge >= 0.3 is 0 Å². The summed E-state index contributed by atoms with van der Waals surface area (Å²) in [5, 5.41) is 20.2. The van der Waals surface area contributed by atoms with Gasteiger partial charge in [-0.15, -0.1) is 15.3 Å². The average molecular weight is 401 g/mol. The van der Waals surface area contributed by atoms with E-state index >= 15 is 0 Å². The van der Waals surface area contributed by atoms with Gasteiger partial charge in [0.25, 0.3) is 0 Å². The van der Waals surface area contributed by atoms with Gasteiger partial charge in [-0.1, -0.05) is 0 Å². The minimum atomic E-state index is 0.452. The molecule has 0 aliphatic rings. The van der Waals surface area contributed by atoms with Crippen molar-refractivity contribution in [1.82, 2.24) is 39.1 Å². The summed E-state index contributed by atoms with van der Waals surface area (Å²) in [6.07, 6.45) is 7.19. The Morgan fingerprint density at radius 1 is 1.03 bits per heavy atom. The van der Waals surface area contributed by atoms with Gasteiger partial charge in [-0.25, -0.2) is 9.50 Å². The van der Waals surface area contributed by atoms with Gasteiger partial charge < -0.3 is 14.6 Å². The first-order valence-corrected chi connectivity index (χ1v) is 9.25. The molecule has 0 saturated heterocycles. The number of nitrogens with one attached hydrogen (secondary N) is 1. The number of aromatic nitrogens is 8. The fourth-order valence-corrected chi connectivity index (χ4v) is 3.33. The van der Waals surface area contributed by atoms with Gasteiger partial charge in [-0.3, -0.25) is 4.68 Å². The third kappa shape index (κ3) is 3.04. The molecule has 0 saturated carbocycles. The third-order valence-corrected chi connectivity index (χ3v) is 4.82. The van der Waals surface area contributed by atoms with Crippen molar-refractivity contribution >= 4 is 17.2 Å². The molecule has 150 valence electrons. The number of nitrogens with zero attached hydrogens (tertiary/aromatic N) is 8. The van der Waals surface area contributed by atoms with E-state index in [0.29, 0.717) is 11.7 Å². The number of hydrogen-bond donors (Lipinski definition) is 1. The van der Waals surface area contributed by atoms with Crippen LogP contribution in [0, 0.1) is 0 Å². The second kappa shape index (κ2) is 6.99. The summed E-state index contributed by atoms with van der Waals surface area (Å²) in [5.41, 5.74) is 4.46. The average Bonchev–Trinajstić information content (AvgIpc) is 3.47. The molecule has 5 aromatic rings. The van der Waals surface area contributed by atoms with E-state index < -0.39 is 0 Å². The molecule has 0 radical (unpaired) electrons. The topological polar surface area (TPSA) is 100.0 Å². The minimum Gasteiger partial charge on any atom is -0.495 e. The lowest BCUT2D eigenvalue weighted by molar-refractivity contribution is 0.417. The van der Waals surface area contributed by atoms with Crippen molar-refractivity contribution in [2.75, 3.05) is 12.4 Å². The van der Waals surface area contributed by atoms with Gasteiger partial charge in [0.05, 0.1) is 36.4 Å². The third-order valence-electron chi connectivity index (χ3n) is 4.82. The fraction of sp³-hybridized carbons (Fsp3) is 0.150. The highest BCUT2D eigenvalue weighted by Crippen LogP contribution is 2.31. The Morgan fingerprint density at radius 3 is 2.67 bits per heavy atom. The number of rotatable bonds is 5. The SMILES string of the molecule is COc1cc(-c2nncn2C)ccc1Nc1ncc2ccc(-c3cnn(C)c3)n2n1. The first-order chi connectivity index (χ1) is 14.6. The van der Waals surface area contributed by atoms with E-state index in [1.54, 1.807) is 24.3 Å². The van der Waals surface area contributed by atoms with Crippen LogP contribution in [0.3, 0.4) is 0 Å². The normalized spacial score (nSPS) is 11.2. The van der Waals surface area contributed by atoms with E-state index in [9.17, 15) is 0 Å². The van der Waals surface area contributed by atoms with E-state index in [0.717, 1.165) is 33.8 Å². The number of anilines is 2. The van der Waals surface area contributed by atoms with Crippen molar-refractivity contribution in [3.8, 4) is 28.4 Å². The van der Waals surface area contributed by atoms with Crippen LogP contribution in [0.2, 0.25) is 0 Å². The van der Waals surface area contributed by atoms with Crippen LogP contribution in [0.15, 0.2) is 55.2 Å². The molecular weight excluding hydrogens is 382 g/mol. The molecule has 0 bridgehead atoms. The number of benzene rings is 1. The fourth-order valence-electron chi connectivity index (χ4n) is 3.33. The molecule has 4 aromatic heterocycles. The van der Waals surface area contributed by atoms with Gasteiger partial charge in [-0.2, -0.15) is 5.10 Å². The molecule has 0 spiro atoms. The molecule has 5 rings (SSSR count). The number of methoxy groups -OCH3 is 1. The predicted octanol–water partition coefficient (Wildman–Crippen LogP) is 2.68. The van der Waals surface area contributed by atoms with Crippen molar-refractivity contribution in [2.24, 2.45) is 14.1 Å². The first kappa shape index (κ1) is 17.9. The van der Waals surface area contributed by atoms with E-state index in [1.165, 1.54) is 0 Å². The van der Waals surface area contributed by atoms with Crippen LogP contribution in [0.4, 0.5) is 11.6 Å². The molecule has 0 aliphatic heterocycles. The lowest BCUT2D eigenvalue weighted by Crippen LogP contribution is -2.04. The predicted molar refractivity (Wildman–Crippen MR) is 111 cm³/mol. The summed E-state index contributed by atoms with van der Waals surface area (Å²) in [5.74, 6) is 1.86. The summed E-state index contributed by atoms with van der Waals surface area (Å²) in [4.78, 5) is 4.43. The van der Waals surface area contributed by atoms with Gasteiger partial charge in [0, 0.05) is 31.4 Å². The maximum absolute atomic E-state index is 5.57. The highest BCUT2D eigenvalue weighted by Gasteiger charge is 2.13. The van der Waals surface area contributed by atoms with Crippen LogP contribution >= 0.6 is 0 Å². The molecule has 1 aromatic carbocycles. The summed E-state index contributed by atoms with van der Waals surface area (Å²) in [7, 11) is 5.41. The number of fused-ring (bicyclic) bond motifs is 1. The summed E-state index contributed by atoms with van der Waals surface area (Å²) < 4.78 is 11.0. The van der Waals surface area contributed by atoms with E-state index in [2.05, 4.69) is 30.7 Å². The van der Waals surface area contributed by atoms with E-state index in [4.69, 9.17) is 4.74 Å². The summed E-state index contributed by atoms with van der Waals surface area (Å²) in [6, 6.07) is 9.74. The molecule has 0 atom stereocenters. The van der Waals surface area contributed by atoms with Gasteiger partial charge in [0.1, 0.15) is 12.1 Å². The van der Waals surface area contributed by atoms with Crippen LogP contribution < -0.4 is 10.1 Å². The largest absolute Gasteiger partial charge is 0.495 e. The van der Waals surface area contributed by atoms with Crippen LogP contribution in [0.1, 0.15) is 0 Å². The Hall–Kier alpha value is -4.21. The highest BCUT2D eigenvalue weighted by molar-refractivity contribution is 5.70. The van der Waals surface area contributed by atoms with Crippen molar-refractivity contribution in [3.63, 3.8) is 0 Å². The summed E-state index contributed by atoms with van der Waals surface area (Å²) >= 11 is 0. The van der Waals surface area contributed by atoms with Crippen LogP contribution in [0.5, 0.6) is 5.75 Å². The quantitative estimate of drug-likeness (QED) is 0.483. The lowest BCUT2D eigenvalue weighted by Gasteiger charge is -2.12. The zero-order valence-corrected chi connectivity index (χ0v) is 16.7. The monoisotopic (exact) mass is 401 g/mol. The molecule has 10 heteroatoms. The second-order valence-corrected chi connectivity index (χ2v) is 6.85. The number of aryl methyl sites for hydroxylation is 2. The number of ether oxygens (including phenoxy) is 1. The first-order valence-electron chi connectivity index (χ1n) is 9.25. The van der Waals surface area contributed by atoms with E-state index in [-0.39, 0.29) is 0 Å². The molecule has 0 amide bonds. The van der Waals surface area contributed by atoms with Crippen LogP contribution in [-0.4, -0.2) is 46.3 Å². The highest BCUT2D eigenvalue weighted by atomic mass is 16.5. The molecule has 0 unspecified atom stereocenters. The Kier molecular flexibility index (Phi) is 4.16. The standard InChI is InChI=1S/C20H19N9O/c1-27-12-22-25-19(27)13-4-6-16(18(8-13)30-3)24-20-21-10-15-5-7-17(29(15)26-20)14-9-23-28(2)11-14/h4-12H,1-3H3,(H,24,26). The molecule has 30 heavy (non-hydrogen) atoms. The molecule has 4 heterocycles. The van der Waals surface area contributed by atoms with Crippen LogP contribution in [0.25, 0.3) is 28.2 Å². The van der Waals surface area contributed by atoms with E-state index in [1.807, 2.05) is 65.9 Å². The van der Waals surface area contributed by atoms with Crippen molar-refractivity contribution < 1.29 is 4.74 Å². The second-order valence-electron chi connectivity index (χ2n) is 6.85. The maximum atomic E-state index is 5.57. The van der Waals surface area contributed by atoms with Crippen molar-refractivity contribution in [2.45, 2.75) is 0 Å². The molecule has 0 fully saturated rings. The maximum Gasteiger partial charge on any atom is 0.245 e. The Labute approximate surface area is 171 Å². The Morgan fingerprint density at radius 2 is 1.93 bits per heavy atom. The van der Waals surface area contributed by atoms with Gasteiger partial charge in [0.2, 0.25) is 5.95 Å². The Balaban J connectivity index is 1.50. The molecule has 10 nitrogen and oxygen atoms in total. The zero-order chi connectivity index (χ0) is 20.7. The van der Waals surface area contributed by atoms with Crippen LogP contribution in [-0.2, 0) is 14.1 Å². The summed E-state index contributed by atoms with van der Waals surface area (Å²) in [6.45, 7) is 0. The van der Waals surface area contributed by atoms with Crippen molar-refractivity contribution in [1.29, 1.82) is 0 Å².